The highest BCUT2D eigenvalue weighted by Crippen LogP contribution is 2.36. The summed E-state index contributed by atoms with van der Waals surface area (Å²) in [5.74, 6) is -0.247. The molecule has 37 heavy (non-hydrogen) atoms. The number of nitrogens with one attached hydrogen (secondary N) is 1. The van der Waals surface area contributed by atoms with Crippen molar-refractivity contribution in [3.8, 4) is 11.5 Å². The molecular formula is C29H27BrN2O5. The van der Waals surface area contributed by atoms with Crippen LogP contribution in [0.25, 0.3) is 16.8 Å². The van der Waals surface area contributed by atoms with Gasteiger partial charge in [0.1, 0.15) is 12.2 Å². The van der Waals surface area contributed by atoms with Crippen LogP contribution in [0.3, 0.4) is 0 Å². The summed E-state index contributed by atoms with van der Waals surface area (Å²) in [5, 5.41) is 4.57. The molecule has 1 heterocycles. The monoisotopic (exact) mass is 562 g/mol. The molecule has 190 valence electrons. The lowest BCUT2D eigenvalue weighted by Gasteiger charge is -2.31. The highest BCUT2D eigenvalue weighted by Gasteiger charge is 2.40. The molecule has 1 aliphatic carbocycles. The summed E-state index contributed by atoms with van der Waals surface area (Å²) in [4.78, 5) is 39.4. The molecule has 1 saturated carbocycles. The minimum absolute atomic E-state index is 0.0842. The highest BCUT2D eigenvalue weighted by molar-refractivity contribution is 9.10. The molecule has 2 fully saturated rings. The van der Waals surface area contributed by atoms with Crippen molar-refractivity contribution in [2.24, 2.45) is 0 Å². The number of hydrogen-bond acceptors (Lipinski definition) is 5. The molecule has 8 heteroatoms. The Morgan fingerprint density at radius 2 is 1.73 bits per heavy atom. The molecule has 0 radical (unpaired) electrons. The molecule has 0 aromatic heterocycles. The van der Waals surface area contributed by atoms with Gasteiger partial charge in [-0.25, -0.2) is 4.79 Å². The number of hydrogen-bond donors (Lipinski definition) is 1. The summed E-state index contributed by atoms with van der Waals surface area (Å²) in [5.41, 5.74) is 1.53. The van der Waals surface area contributed by atoms with Crippen molar-refractivity contribution in [1.29, 1.82) is 0 Å². The van der Waals surface area contributed by atoms with Crippen LogP contribution in [-0.2, 0) is 16.2 Å². The van der Waals surface area contributed by atoms with E-state index in [0.717, 1.165) is 42.0 Å². The van der Waals surface area contributed by atoms with E-state index in [4.69, 9.17) is 9.47 Å². The first kappa shape index (κ1) is 25.0. The average molecular weight is 563 g/mol. The second-order valence-electron chi connectivity index (χ2n) is 9.11. The predicted molar refractivity (Wildman–Crippen MR) is 144 cm³/mol. The van der Waals surface area contributed by atoms with Gasteiger partial charge in [-0.3, -0.25) is 19.8 Å². The van der Waals surface area contributed by atoms with E-state index in [9.17, 15) is 14.4 Å². The maximum absolute atomic E-state index is 13.2. The van der Waals surface area contributed by atoms with E-state index in [1.165, 1.54) is 11.0 Å². The van der Waals surface area contributed by atoms with E-state index < -0.39 is 17.8 Å². The van der Waals surface area contributed by atoms with Gasteiger partial charge in [-0.05, 0) is 59.9 Å². The standard InChI is InChI=1S/C29H27BrN2O5/c1-2-36-25-15-20(14-23-27(33)31-29(35)32(28(23)34)21-11-4-5-12-21)24(30)16-26(25)37-17-19-10-7-9-18-8-3-6-13-22(18)19/h3,6-10,13-16,21H,2,4-5,11-12,17H2,1H3,(H,31,33,35)/b23-14+. The Morgan fingerprint density at radius 1 is 1.00 bits per heavy atom. The lowest BCUT2D eigenvalue weighted by atomic mass is 10.0. The van der Waals surface area contributed by atoms with Crippen molar-refractivity contribution < 1.29 is 23.9 Å². The van der Waals surface area contributed by atoms with E-state index in [-0.39, 0.29) is 11.6 Å². The largest absolute Gasteiger partial charge is 0.490 e. The minimum atomic E-state index is -0.703. The van der Waals surface area contributed by atoms with Gasteiger partial charge in [0.05, 0.1) is 6.61 Å². The van der Waals surface area contributed by atoms with Gasteiger partial charge in [0.15, 0.2) is 11.5 Å². The van der Waals surface area contributed by atoms with E-state index >= 15 is 0 Å². The van der Waals surface area contributed by atoms with Crippen LogP contribution < -0.4 is 14.8 Å². The van der Waals surface area contributed by atoms with Crippen LogP contribution in [0.5, 0.6) is 11.5 Å². The zero-order valence-corrected chi connectivity index (χ0v) is 22.0. The van der Waals surface area contributed by atoms with Gasteiger partial charge in [0.25, 0.3) is 11.8 Å². The SMILES string of the molecule is CCOc1cc(/C=C2\C(=O)NC(=O)N(C3CCCC3)C2=O)c(Br)cc1OCc1cccc2ccccc12. The van der Waals surface area contributed by atoms with Crippen LogP contribution >= 0.6 is 15.9 Å². The highest BCUT2D eigenvalue weighted by atomic mass is 79.9. The zero-order valence-electron chi connectivity index (χ0n) is 20.5. The van der Waals surface area contributed by atoms with Crippen LogP contribution in [-0.4, -0.2) is 35.4 Å². The first-order valence-electron chi connectivity index (χ1n) is 12.4. The number of ether oxygens (including phenoxy) is 2. The number of rotatable bonds is 7. The molecule has 3 aromatic rings. The summed E-state index contributed by atoms with van der Waals surface area (Å²) in [6.07, 6.45) is 4.91. The molecule has 1 saturated heterocycles. The number of carbonyl (C=O) groups excluding carboxylic acids is 3. The first-order chi connectivity index (χ1) is 18.0. The molecule has 1 N–H and O–H groups in total. The smallest absolute Gasteiger partial charge is 0.331 e. The Morgan fingerprint density at radius 3 is 2.51 bits per heavy atom. The van der Waals surface area contributed by atoms with Gasteiger partial charge in [0, 0.05) is 10.5 Å². The molecule has 3 aromatic carbocycles. The number of imide groups is 2. The quantitative estimate of drug-likeness (QED) is 0.282. The number of halogens is 1. The van der Waals surface area contributed by atoms with Crippen LogP contribution in [0.4, 0.5) is 4.79 Å². The maximum atomic E-state index is 13.2. The van der Waals surface area contributed by atoms with E-state index in [2.05, 4.69) is 39.4 Å². The number of carbonyl (C=O) groups is 3. The number of amides is 4. The Bertz CT molecular complexity index is 1410. The van der Waals surface area contributed by atoms with Crippen molar-refractivity contribution in [3.05, 3.63) is 75.8 Å². The van der Waals surface area contributed by atoms with E-state index in [1.807, 2.05) is 31.2 Å². The van der Waals surface area contributed by atoms with Crippen LogP contribution in [0, 0.1) is 0 Å². The number of fused-ring (bicyclic) bond motifs is 1. The summed E-state index contributed by atoms with van der Waals surface area (Å²) in [7, 11) is 0. The molecule has 7 nitrogen and oxygen atoms in total. The third kappa shape index (κ3) is 5.11. The normalized spacial score (nSPS) is 17.5. The first-order valence-corrected chi connectivity index (χ1v) is 13.2. The number of benzene rings is 3. The molecule has 1 aliphatic heterocycles. The zero-order chi connectivity index (χ0) is 25.9. The molecule has 0 atom stereocenters. The van der Waals surface area contributed by atoms with Crippen molar-refractivity contribution >= 4 is 50.6 Å². The van der Waals surface area contributed by atoms with Crippen molar-refractivity contribution in [2.75, 3.05) is 6.61 Å². The van der Waals surface area contributed by atoms with Crippen molar-refractivity contribution in [2.45, 2.75) is 45.3 Å². The minimum Gasteiger partial charge on any atom is -0.490 e. The van der Waals surface area contributed by atoms with Crippen molar-refractivity contribution in [3.63, 3.8) is 0 Å². The summed E-state index contributed by atoms with van der Waals surface area (Å²) < 4.78 is 12.6. The summed E-state index contributed by atoms with van der Waals surface area (Å²) in [6.45, 7) is 2.62. The fourth-order valence-corrected chi connectivity index (χ4v) is 5.37. The summed E-state index contributed by atoms with van der Waals surface area (Å²) in [6, 6.07) is 16.9. The summed E-state index contributed by atoms with van der Waals surface area (Å²) >= 11 is 3.55. The number of barbiturate groups is 1. The van der Waals surface area contributed by atoms with Gasteiger partial charge in [-0.15, -0.1) is 0 Å². The number of nitrogens with zero attached hydrogens (tertiary/aromatic N) is 1. The third-order valence-corrected chi connectivity index (χ3v) is 7.44. The molecule has 0 unspecified atom stereocenters. The Hall–Kier alpha value is -3.65. The van der Waals surface area contributed by atoms with Crippen LogP contribution in [0.15, 0.2) is 64.6 Å². The lowest BCUT2D eigenvalue weighted by Crippen LogP contribution is -2.57. The molecule has 4 amide bonds. The Balaban J connectivity index is 1.44. The Labute approximate surface area is 223 Å². The predicted octanol–water partition coefficient (Wildman–Crippen LogP) is 5.98. The van der Waals surface area contributed by atoms with Crippen LogP contribution in [0.2, 0.25) is 0 Å². The Kier molecular flexibility index (Phi) is 7.28. The van der Waals surface area contributed by atoms with Gasteiger partial charge >= 0.3 is 6.03 Å². The van der Waals surface area contributed by atoms with Gasteiger partial charge in [-0.1, -0.05) is 71.2 Å². The molecule has 2 aliphatic rings. The maximum Gasteiger partial charge on any atom is 0.331 e. The molecular weight excluding hydrogens is 536 g/mol. The molecule has 0 spiro atoms. The molecule has 0 bridgehead atoms. The second-order valence-corrected chi connectivity index (χ2v) is 9.97. The van der Waals surface area contributed by atoms with Crippen LogP contribution in [0.1, 0.15) is 43.7 Å². The van der Waals surface area contributed by atoms with Gasteiger partial charge in [0.2, 0.25) is 0 Å². The van der Waals surface area contributed by atoms with Gasteiger partial charge in [-0.2, -0.15) is 0 Å². The van der Waals surface area contributed by atoms with Crippen molar-refractivity contribution in [1.82, 2.24) is 10.2 Å². The average Bonchev–Trinajstić information content (AvgIpc) is 3.41. The second kappa shape index (κ2) is 10.8. The lowest BCUT2D eigenvalue weighted by molar-refractivity contribution is -0.131. The molecule has 5 rings (SSSR count). The topological polar surface area (TPSA) is 84.9 Å². The fraction of sp³-hybridized carbons (Fsp3) is 0.276. The van der Waals surface area contributed by atoms with Gasteiger partial charge < -0.3 is 9.47 Å². The van der Waals surface area contributed by atoms with E-state index in [1.54, 1.807) is 12.1 Å². The van der Waals surface area contributed by atoms with E-state index in [0.29, 0.717) is 34.7 Å². The number of urea groups is 1. The fourth-order valence-electron chi connectivity index (χ4n) is 4.94. The third-order valence-electron chi connectivity index (χ3n) is 6.75.